The van der Waals surface area contributed by atoms with Crippen LogP contribution in [0.15, 0.2) is 36.4 Å². The monoisotopic (exact) mass is 184 g/mol. The highest BCUT2D eigenvalue weighted by molar-refractivity contribution is 5.77. The maximum atomic E-state index is 9.63. The van der Waals surface area contributed by atoms with Crippen molar-refractivity contribution in [3.63, 3.8) is 0 Å². The van der Waals surface area contributed by atoms with Crippen LogP contribution in [0.1, 0.15) is 0 Å². The molecule has 68 valence electrons. The predicted octanol–water partition coefficient (Wildman–Crippen LogP) is 2.37. The van der Waals surface area contributed by atoms with Crippen LogP contribution in [0.25, 0.3) is 11.1 Å². The molecule has 0 saturated heterocycles. The molecule has 1 aromatic rings. The highest BCUT2D eigenvalue weighted by Gasteiger charge is 2.16. The lowest BCUT2D eigenvalue weighted by atomic mass is 9.91. The second kappa shape index (κ2) is 2.29. The van der Waals surface area contributed by atoms with E-state index in [1.54, 1.807) is 18.2 Å². The van der Waals surface area contributed by atoms with E-state index < -0.39 is 0 Å². The summed E-state index contributed by atoms with van der Waals surface area (Å²) in [5, 5.41) is 21.0. The first-order chi connectivity index (χ1) is 6.77. The number of phenolic OH excluding ortho intramolecular Hbond substituents is 2. The van der Waals surface area contributed by atoms with Crippen LogP contribution in [0.3, 0.4) is 0 Å². The van der Waals surface area contributed by atoms with Gasteiger partial charge in [-0.3, -0.25) is 0 Å². The third kappa shape index (κ3) is 0.752. The van der Waals surface area contributed by atoms with Gasteiger partial charge in [0.25, 0.3) is 0 Å². The highest BCUT2D eigenvalue weighted by atomic mass is 16.3. The number of rotatable bonds is 1. The molecular formula is C12H8O2. The molecule has 0 unspecified atom stereocenters. The molecule has 0 saturated carbocycles. The Hall–Kier alpha value is -1.96. The second-order valence-corrected chi connectivity index (χ2v) is 3.43. The molecule has 0 bridgehead atoms. The topological polar surface area (TPSA) is 40.5 Å². The normalized spacial score (nSPS) is 11.4. The number of hydrogen-bond acceptors (Lipinski definition) is 2. The molecule has 2 heteroatoms. The molecular weight excluding hydrogens is 176 g/mol. The average molecular weight is 184 g/mol. The van der Waals surface area contributed by atoms with Crippen molar-refractivity contribution in [3.05, 3.63) is 46.8 Å². The smallest absolute Gasteiger partial charge is 0.131 e. The van der Waals surface area contributed by atoms with Gasteiger partial charge in [-0.1, -0.05) is 18.2 Å². The van der Waals surface area contributed by atoms with Crippen molar-refractivity contribution in [1.29, 1.82) is 0 Å². The van der Waals surface area contributed by atoms with E-state index in [4.69, 9.17) is 0 Å². The van der Waals surface area contributed by atoms with Crippen molar-refractivity contribution in [1.82, 2.24) is 0 Å². The summed E-state index contributed by atoms with van der Waals surface area (Å²) in [5.41, 5.74) is 1.71. The van der Waals surface area contributed by atoms with E-state index in [2.05, 4.69) is 0 Å². The zero-order valence-corrected chi connectivity index (χ0v) is 7.36. The molecule has 14 heavy (non-hydrogen) atoms. The average Bonchev–Trinajstić information content (AvgIpc) is 2.12. The Morgan fingerprint density at radius 2 is 1.64 bits per heavy atom. The molecule has 1 aromatic carbocycles. The van der Waals surface area contributed by atoms with Crippen LogP contribution >= 0.6 is 0 Å². The fraction of sp³-hybridized carbons (Fsp3) is 0. The van der Waals surface area contributed by atoms with Crippen LogP contribution in [0.2, 0.25) is 0 Å². The van der Waals surface area contributed by atoms with Gasteiger partial charge in [0.15, 0.2) is 0 Å². The molecule has 2 nitrogen and oxygen atoms in total. The van der Waals surface area contributed by atoms with Crippen molar-refractivity contribution in [3.8, 4) is 22.6 Å². The Balaban J connectivity index is 2.23. The van der Waals surface area contributed by atoms with Crippen molar-refractivity contribution >= 4 is 0 Å². The molecule has 0 heterocycles. The lowest BCUT2D eigenvalue weighted by Gasteiger charge is -2.15. The van der Waals surface area contributed by atoms with Crippen LogP contribution < -0.4 is 0 Å². The molecule has 0 atom stereocenters. The summed E-state index contributed by atoms with van der Waals surface area (Å²) >= 11 is 0. The Labute approximate surface area is 80.4 Å². The Morgan fingerprint density at radius 3 is 2.21 bits per heavy atom. The van der Waals surface area contributed by atoms with Crippen molar-refractivity contribution in [2.45, 2.75) is 0 Å². The Morgan fingerprint density at radius 1 is 0.857 bits per heavy atom. The van der Waals surface area contributed by atoms with Gasteiger partial charge in [-0.15, -0.1) is 0 Å². The zero-order valence-electron chi connectivity index (χ0n) is 7.36. The predicted molar refractivity (Wildman–Crippen MR) is 52.9 cm³/mol. The summed E-state index contributed by atoms with van der Waals surface area (Å²) in [5.74, 6) is 0.563. The Kier molecular flexibility index (Phi) is 1.22. The van der Waals surface area contributed by atoms with E-state index in [1.807, 2.05) is 18.2 Å². The molecule has 0 aliphatic heterocycles. The summed E-state index contributed by atoms with van der Waals surface area (Å²) in [4.78, 5) is 0. The number of phenols is 2. The summed E-state index contributed by atoms with van der Waals surface area (Å²) in [6.45, 7) is 0. The van der Waals surface area contributed by atoms with Crippen LogP contribution in [-0.4, -0.2) is 10.2 Å². The maximum Gasteiger partial charge on any atom is 0.131 e. The van der Waals surface area contributed by atoms with Gasteiger partial charge in [0.1, 0.15) is 11.5 Å². The van der Waals surface area contributed by atoms with Crippen molar-refractivity contribution in [2.24, 2.45) is 0 Å². The molecule has 2 aliphatic carbocycles. The molecule has 0 aromatic heterocycles. The number of hydrogen-bond donors (Lipinski definition) is 2. The van der Waals surface area contributed by atoms with Gasteiger partial charge in [0.05, 0.1) is 0 Å². The minimum Gasteiger partial charge on any atom is -0.508 e. The van der Waals surface area contributed by atoms with Crippen LogP contribution in [0.5, 0.6) is 11.5 Å². The van der Waals surface area contributed by atoms with Gasteiger partial charge < -0.3 is 10.2 Å². The summed E-state index contributed by atoms with van der Waals surface area (Å²) in [7, 11) is 0. The van der Waals surface area contributed by atoms with Gasteiger partial charge in [-0.25, -0.2) is 0 Å². The Bertz CT molecular complexity index is 615. The molecule has 0 fully saturated rings. The number of aromatic hydroxyl groups is 2. The molecule has 2 aliphatic rings. The van der Waals surface area contributed by atoms with Gasteiger partial charge in [0.2, 0.25) is 0 Å². The van der Waals surface area contributed by atoms with E-state index in [9.17, 15) is 10.2 Å². The molecule has 0 amide bonds. The van der Waals surface area contributed by atoms with Gasteiger partial charge >= 0.3 is 0 Å². The summed E-state index contributed by atoms with van der Waals surface area (Å²) in [6.07, 6.45) is 0. The maximum absolute atomic E-state index is 9.63. The molecule has 0 spiro atoms. The van der Waals surface area contributed by atoms with Gasteiger partial charge in [0, 0.05) is 10.8 Å². The van der Waals surface area contributed by atoms with Gasteiger partial charge in [-0.05, 0) is 29.0 Å². The van der Waals surface area contributed by atoms with Crippen molar-refractivity contribution in [2.75, 3.05) is 0 Å². The fourth-order valence-corrected chi connectivity index (χ4v) is 1.83. The third-order valence-electron chi connectivity index (χ3n) is 2.60. The molecule has 3 rings (SSSR count). The molecule has 2 N–H and O–H groups in total. The zero-order chi connectivity index (χ0) is 9.71. The standard InChI is InChI=1S/C12H8O2/c13-8-3-1-2-7(6-8)11-9-4-5-10(9)12(11)14/h1-6,13-14H. The third-order valence-corrected chi connectivity index (χ3v) is 2.60. The highest BCUT2D eigenvalue weighted by Crippen LogP contribution is 2.39. The number of benzene rings is 2. The van der Waals surface area contributed by atoms with E-state index in [-0.39, 0.29) is 5.75 Å². The van der Waals surface area contributed by atoms with Crippen LogP contribution in [-0.2, 0) is 0 Å². The van der Waals surface area contributed by atoms with E-state index in [0.717, 1.165) is 21.6 Å². The van der Waals surface area contributed by atoms with Crippen LogP contribution in [0, 0.1) is 10.4 Å². The minimum atomic E-state index is 0.222. The van der Waals surface area contributed by atoms with Crippen molar-refractivity contribution < 1.29 is 10.2 Å². The van der Waals surface area contributed by atoms with Gasteiger partial charge in [-0.2, -0.15) is 0 Å². The first-order valence-corrected chi connectivity index (χ1v) is 4.43. The summed E-state index contributed by atoms with van der Waals surface area (Å²) in [6, 6.07) is 10.8. The quantitative estimate of drug-likeness (QED) is 0.609. The fourth-order valence-electron chi connectivity index (χ4n) is 1.83. The molecule has 0 radical (unpaired) electrons. The van der Waals surface area contributed by atoms with E-state index >= 15 is 0 Å². The lowest BCUT2D eigenvalue weighted by Crippen LogP contribution is -1.94. The SMILES string of the molecule is Oc1cccc(-c2c(O)c3ccc2=3)c1. The van der Waals surface area contributed by atoms with E-state index in [0.29, 0.717) is 5.75 Å². The van der Waals surface area contributed by atoms with Crippen LogP contribution in [0.4, 0.5) is 0 Å². The summed E-state index contributed by atoms with van der Waals surface area (Å²) < 4.78 is 0. The lowest BCUT2D eigenvalue weighted by molar-refractivity contribution is 0.467. The first kappa shape index (κ1) is 7.44. The second-order valence-electron chi connectivity index (χ2n) is 3.43. The van der Waals surface area contributed by atoms with E-state index in [1.165, 1.54) is 0 Å². The minimum absolute atomic E-state index is 0.222. The first-order valence-electron chi connectivity index (χ1n) is 4.43. The largest absolute Gasteiger partial charge is 0.508 e.